The van der Waals surface area contributed by atoms with E-state index in [1.165, 1.54) is 40.6 Å². The van der Waals surface area contributed by atoms with Crippen molar-refractivity contribution in [2.45, 2.75) is 25.9 Å². The predicted octanol–water partition coefficient (Wildman–Crippen LogP) is 1.78. The second kappa shape index (κ2) is 14.6. The van der Waals surface area contributed by atoms with Crippen LogP contribution in [0.5, 0.6) is 0 Å². The lowest BCUT2D eigenvalue weighted by Gasteiger charge is -2.12. The minimum atomic E-state index is -0.645. The molecule has 2 aromatic heterocycles. The number of hydrogen-bond acceptors (Lipinski definition) is 14. The first-order valence-corrected chi connectivity index (χ1v) is 10.7. The molecule has 0 radical (unpaired) electrons. The van der Waals surface area contributed by atoms with Crippen molar-refractivity contribution in [1.29, 1.82) is 0 Å². The van der Waals surface area contributed by atoms with E-state index >= 15 is 0 Å². The molecule has 0 aliphatic carbocycles. The van der Waals surface area contributed by atoms with Gasteiger partial charge in [-0.05, 0) is 37.0 Å². The third-order valence-corrected chi connectivity index (χ3v) is 4.36. The highest BCUT2D eigenvalue weighted by atomic mass is 35.5. The van der Waals surface area contributed by atoms with Gasteiger partial charge in [-0.25, -0.2) is 39.1 Å². The molecule has 196 valence electrons. The average Bonchev–Trinajstić information content (AvgIpc) is 2.86. The number of carbonyl (C=O) groups is 4. The van der Waals surface area contributed by atoms with Crippen LogP contribution in [0, 0.1) is 0 Å². The number of rotatable bonds is 8. The van der Waals surface area contributed by atoms with Crippen molar-refractivity contribution < 1.29 is 38.1 Å². The van der Waals surface area contributed by atoms with Crippen LogP contribution in [-0.4, -0.2) is 84.3 Å². The van der Waals surface area contributed by atoms with Gasteiger partial charge in [-0.2, -0.15) is 0 Å². The van der Waals surface area contributed by atoms with E-state index in [-0.39, 0.29) is 33.6 Å². The lowest BCUT2D eigenvalue weighted by molar-refractivity contribution is -0.141. The number of hydrogen-bond donors (Lipinski definition) is 2. The standard InChI is InChI=1S/2C10H12ClN3O4/c2*1-5(8(15)17-2)12-7-4-6(9(16)18-3)13-10(11)14-7/h2*4-5H,1-3H3,(H,12,13,14)/t2*5-/m00/s1. The van der Waals surface area contributed by atoms with Crippen LogP contribution in [-0.2, 0) is 28.5 Å². The summed E-state index contributed by atoms with van der Waals surface area (Å²) in [6.45, 7) is 3.17. The van der Waals surface area contributed by atoms with Gasteiger partial charge in [0.25, 0.3) is 0 Å². The fourth-order valence-corrected chi connectivity index (χ4v) is 2.68. The summed E-state index contributed by atoms with van der Waals surface area (Å²) in [7, 11) is 4.99. The number of nitrogens with zero attached hydrogens (tertiary/aromatic N) is 4. The number of ether oxygens (including phenoxy) is 4. The van der Waals surface area contributed by atoms with Crippen molar-refractivity contribution in [3.63, 3.8) is 0 Å². The number of methoxy groups -OCH3 is 4. The van der Waals surface area contributed by atoms with Crippen LogP contribution in [0.3, 0.4) is 0 Å². The molecule has 0 aromatic carbocycles. The molecule has 2 atom stereocenters. The van der Waals surface area contributed by atoms with Crippen molar-refractivity contribution in [1.82, 2.24) is 19.9 Å². The summed E-state index contributed by atoms with van der Waals surface area (Å²) < 4.78 is 18.1. The molecule has 0 bridgehead atoms. The topological polar surface area (TPSA) is 181 Å². The van der Waals surface area contributed by atoms with E-state index in [0.29, 0.717) is 0 Å². The van der Waals surface area contributed by atoms with Gasteiger partial charge < -0.3 is 29.6 Å². The van der Waals surface area contributed by atoms with E-state index in [9.17, 15) is 19.2 Å². The Kier molecular flexibility index (Phi) is 12.3. The van der Waals surface area contributed by atoms with Gasteiger partial charge in [-0.1, -0.05) is 0 Å². The Morgan fingerprint density at radius 2 is 1.00 bits per heavy atom. The van der Waals surface area contributed by atoms with Crippen molar-refractivity contribution in [2.24, 2.45) is 0 Å². The van der Waals surface area contributed by atoms with Crippen LogP contribution in [0.15, 0.2) is 12.1 Å². The molecule has 0 amide bonds. The van der Waals surface area contributed by atoms with Gasteiger partial charge in [0.15, 0.2) is 11.4 Å². The number of halogens is 2. The molecule has 2 aromatic rings. The van der Waals surface area contributed by atoms with E-state index < -0.39 is 36.0 Å². The number of anilines is 2. The molecule has 14 nitrogen and oxygen atoms in total. The van der Waals surface area contributed by atoms with Crippen LogP contribution < -0.4 is 10.6 Å². The van der Waals surface area contributed by atoms with Crippen molar-refractivity contribution in [3.05, 3.63) is 34.1 Å². The Labute approximate surface area is 216 Å². The Balaban J connectivity index is 0.000000360. The molecule has 0 unspecified atom stereocenters. The van der Waals surface area contributed by atoms with Crippen molar-refractivity contribution >= 4 is 58.7 Å². The van der Waals surface area contributed by atoms with Gasteiger partial charge in [0.05, 0.1) is 28.4 Å². The first kappa shape index (κ1) is 30.3. The van der Waals surface area contributed by atoms with Crippen LogP contribution in [0.25, 0.3) is 0 Å². The molecular formula is C20H24Cl2N6O8. The maximum atomic E-state index is 11.3. The maximum absolute atomic E-state index is 11.3. The molecule has 0 aliphatic rings. The molecule has 0 aliphatic heterocycles. The third kappa shape index (κ3) is 9.46. The summed E-state index contributed by atoms with van der Waals surface area (Å²) >= 11 is 11.3. The highest BCUT2D eigenvalue weighted by Gasteiger charge is 2.17. The Morgan fingerprint density at radius 3 is 1.28 bits per heavy atom. The maximum Gasteiger partial charge on any atom is 0.356 e. The second-order valence-electron chi connectivity index (χ2n) is 6.58. The largest absolute Gasteiger partial charge is 0.467 e. The predicted molar refractivity (Wildman–Crippen MR) is 127 cm³/mol. The second-order valence-corrected chi connectivity index (χ2v) is 7.25. The number of esters is 4. The summed E-state index contributed by atoms with van der Waals surface area (Å²) in [6.07, 6.45) is 0. The smallest absolute Gasteiger partial charge is 0.356 e. The highest BCUT2D eigenvalue weighted by Crippen LogP contribution is 2.14. The number of aromatic nitrogens is 4. The van der Waals surface area contributed by atoms with Gasteiger partial charge in [-0.15, -0.1) is 0 Å². The fourth-order valence-electron chi connectivity index (χ4n) is 2.32. The van der Waals surface area contributed by atoms with Crippen molar-refractivity contribution in [3.8, 4) is 0 Å². The zero-order chi connectivity index (χ0) is 27.4. The SMILES string of the molecule is COC(=O)c1cc(N[C@@H](C)C(=O)OC)nc(Cl)n1.COC(=O)c1cc(N[C@@H](C)C(=O)OC)nc(Cl)n1. The number of carbonyl (C=O) groups excluding carboxylic acids is 4. The average molecular weight is 547 g/mol. The quantitative estimate of drug-likeness (QED) is 0.277. The van der Waals surface area contributed by atoms with Crippen LogP contribution in [0.2, 0.25) is 10.6 Å². The Morgan fingerprint density at radius 1 is 0.667 bits per heavy atom. The summed E-state index contributed by atoms with van der Waals surface area (Å²) in [6, 6.07) is 1.40. The highest BCUT2D eigenvalue weighted by molar-refractivity contribution is 6.28. The molecule has 2 rings (SSSR count). The zero-order valence-corrected chi connectivity index (χ0v) is 21.6. The summed E-state index contributed by atoms with van der Waals surface area (Å²) in [5.74, 6) is -1.77. The van der Waals surface area contributed by atoms with E-state index in [0.717, 1.165) is 0 Å². The normalized spacial score (nSPS) is 11.6. The summed E-state index contributed by atoms with van der Waals surface area (Å²) in [5.41, 5.74) is -0.00543. The third-order valence-electron chi connectivity index (χ3n) is 4.03. The number of nitrogens with one attached hydrogen (secondary N) is 2. The summed E-state index contributed by atoms with van der Waals surface area (Å²) in [5, 5.41) is 5.22. The molecule has 2 heterocycles. The lowest BCUT2D eigenvalue weighted by atomic mass is 10.3. The van der Waals surface area contributed by atoms with Gasteiger partial charge in [-0.3, -0.25) is 0 Å². The van der Waals surface area contributed by atoms with Gasteiger partial charge in [0.2, 0.25) is 10.6 Å². The molecule has 36 heavy (non-hydrogen) atoms. The monoisotopic (exact) mass is 546 g/mol. The molecule has 0 spiro atoms. The minimum Gasteiger partial charge on any atom is -0.467 e. The van der Waals surface area contributed by atoms with E-state index in [1.807, 2.05) is 0 Å². The van der Waals surface area contributed by atoms with Crippen LogP contribution >= 0.6 is 23.2 Å². The lowest BCUT2D eigenvalue weighted by Crippen LogP contribution is -2.27. The van der Waals surface area contributed by atoms with E-state index in [4.69, 9.17) is 23.2 Å². The zero-order valence-electron chi connectivity index (χ0n) is 20.1. The Hall–Kier alpha value is -3.78. The van der Waals surface area contributed by atoms with Gasteiger partial charge in [0, 0.05) is 12.1 Å². The molecule has 0 fully saturated rings. The molecule has 2 N–H and O–H groups in total. The first-order chi connectivity index (χ1) is 16.9. The van der Waals surface area contributed by atoms with Crippen LogP contribution in [0.1, 0.15) is 34.8 Å². The fraction of sp³-hybridized carbons (Fsp3) is 0.400. The Bertz CT molecular complexity index is 1020. The minimum absolute atomic E-state index is 0.00272. The molecule has 0 saturated carbocycles. The van der Waals surface area contributed by atoms with E-state index in [1.54, 1.807) is 13.8 Å². The van der Waals surface area contributed by atoms with Gasteiger partial charge >= 0.3 is 23.9 Å². The molecular weight excluding hydrogens is 523 g/mol. The van der Waals surface area contributed by atoms with E-state index in [2.05, 4.69) is 49.5 Å². The van der Waals surface area contributed by atoms with Crippen LogP contribution in [0.4, 0.5) is 11.6 Å². The molecule has 16 heteroatoms. The molecule has 0 saturated heterocycles. The van der Waals surface area contributed by atoms with Crippen molar-refractivity contribution in [2.75, 3.05) is 39.1 Å². The van der Waals surface area contributed by atoms with Gasteiger partial charge in [0.1, 0.15) is 23.7 Å². The summed E-state index contributed by atoms with van der Waals surface area (Å²) in [4.78, 5) is 60.1. The first-order valence-electron chi connectivity index (χ1n) is 9.90.